The Hall–Kier alpha value is -1.65. The first-order valence-electron chi connectivity index (χ1n) is 21.4. The molecule has 0 aromatic rings. The average Bonchev–Trinajstić information content (AvgIpc) is 3.11. The van der Waals surface area contributed by atoms with Crippen LogP contribution in [0, 0.1) is 0 Å². The summed E-state index contributed by atoms with van der Waals surface area (Å²) in [5.74, 6) is -0.0735. The van der Waals surface area contributed by atoms with Crippen LogP contribution in [0.3, 0.4) is 0 Å². The maximum atomic E-state index is 12.2. The molecule has 3 N–H and O–H groups in total. The number of unbranched alkanes of at least 4 members (excludes halogenated alkanes) is 25. The molecule has 0 fully saturated rings. The monoisotopic (exact) mass is 686 g/mol. The molecule has 0 saturated carbocycles. The smallest absolute Gasteiger partial charge is 0.220 e. The van der Waals surface area contributed by atoms with Crippen molar-refractivity contribution in [3.05, 3.63) is 48.6 Å². The normalized spacial score (nSPS) is 13.5. The molecule has 49 heavy (non-hydrogen) atoms. The number of allylic oxidation sites excluding steroid dienone is 7. The van der Waals surface area contributed by atoms with Gasteiger partial charge in [0.1, 0.15) is 0 Å². The van der Waals surface area contributed by atoms with Gasteiger partial charge in [-0.25, -0.2) is 0 Å². The summed E-state index contributed by atoms with van der Waals surface area (Å²) in [4.78, 5) is 12.2. The van der Waals surface area contributed by atoms with Gasteiger partial charge in [0.15, 0.2) is 0 Å². The second-order valence-electron chi connectivity index (χ2n) is 14.4. The van der Waals surface area contributed by atoms with E-state index < -0.39 is 12.1 Å². The third-order valence-corrected chi connectivity index (χ3v) is 9.56. The van der Waals surface area contributed by atoms with E-state index >= 15 is 0 Å². The summed E-state index contributed by atoms with van der Waals surface area (Å²) in [7, 11) is 0. The van der Waals surface area contributed by atoms with E-state index in [2.05, 4.69) is 55.6 Å². The van der Waals surface area contributed by atoms with Crippen LogP contribution < -0.4 is 5.32 Å². The Kier molecular flexibility index (Phi) is 39.4. The van der Waals surface area contributed by atoms with Gasteiger partial charge in [0.2, 0.25) is 5.91 Å². The molecule has 286 valence electrons. The lowest BCUT2D eigenvalue weighted by Gasteiger charge is -2.19. The minimum Gasteiger partial charge on any atom is -0.394 e. The van der Waals surface area contributed by atoms with E-state index in [0.717, 1.165) is 44.9 Å². The Labute approximate surface area is 305 Å². The van der Waals surface area contributed by atoms with E-state index in [9.17, 15) is 15.0 Å². The maximum Gasteiger partial charge on any atom is 0.220 e. The summed E-state index contributed by atoms with van der Waals surface area (Å²) in [5, 5.41) is 22.5. The standard InChI is InChI=1S/C45H83NO3/c1-3-5-7-9-10-11-12-13-14-15-16-17-18-19-20-21-22-23-24-25-26-27-28-29-30-31-32-33-34-35-36-37-39-41-45(49)46-43(42-47)44(48)40-38-8-6-4-2/h12-13,15-16,18-19,38,40,43-44,47-48H,3-11,14,17,20-37,39,41-42H2,1-2H3,(H,46,49)/b13-12-,16-15-,19-18-,40-38+. The minimum atomic E-state index is -0.833. The molecule has 0 aromatic carbocycles. The fourth-order valence-corrected chi connectivity index (χ4v) is 6.23. The Morgan fingerprint density at radius 3 is 1.29 bits per heavy atom. The lowest BCUT2D eigenvalue weighted by Crippen LogP contribution is -2.45. The summed E-state index contributed by atoms with van der Waals surface area (Å²) in [6, 6.07) is -0.616. The fourth-order valence-electron chi connectivity index (χ4n) is 6.23. The van der Waals surface area contributed by atoms with Crippen LogP contribution in [0.1, 0.15) is 213 Å². The maximum absolute atomic E-state index is 12.2. The Morgan fingerprint density at radius 1 is 0.490 bits per heavy atom. The van der Waals surface area contributed by atoms with Gasteiger partial charge in [-0.15, -0.1) is 0 Å². The summed E-state index contributed by atoms with van der Waals surface area (Å²) in [5.41, 5.74) is 0. The van der Waals surface area contributed by atoms with Gasteiger partial charge >= 0.3 is 0 Å². The average molecular weight is 686 g/mol. The molecule has 4 heteroatoms. The molecule has 0 heterocycles. The number of amides is 1. The predicted molar refractivity (Wildman–Crippen MR) is 216 cm³/mol. The summed E-state index contributed by atoms with van der Waals surface area (Å²) in [6.07, 6.45) is 55.7. The summed E-state index contributed by atoms with van der Waals surface area (Å²) < 4.78 is 0. The molecule has 0 saturated heterocycles. The molecule has 0 bridgehead atoms. The second kappa shape index (κ2) is 40.8. The van der Waals surface area contributed by atoms with Crippen LogP contribution in [0.4, 0.5) is 0 Å². The van der Waals surface area contributed by atoms with Crippen LogP contribution in [-0.2, 0) is 4.79 Å². The van der Waals surface area contributed by atoms with Crippen LogP contribution in [0.5, 0.6) is 0 Å². The highest BCUT2D eigenvalue weighted by atomic mass is 16.3. The van der Waals surface area contributed by atoms with Gasteiger partial charge in [-0.1, -0.05) is 204 Å². The van der Waals surface area contributed by atoms with Gasteiger partial charge in [-0.2, -0.15) is 0 Å². The van der Waals surface area contributed by atoms with Crippen molar-refractivity contribution in [1.82, 2.24) is 5.32 Å². The zero-order chi connectivity index (χ0) is 35.7. The predicted octanol–water partition coefficient (Wildman–Crippen LogP) is 13.2. The number of aliphatic hydroxyl groups excluding tert-OH is 2. The molecule has 0 aliphatic carbocycles. The SMILES string of the molecule is CCCC/C=C/C(O)C(CO)NC(=O)CCCCCCCCCCCCCCCCCCCC/C=C\C/C=C\C/C=C\CCCCCCC. The quantitative estimate of drug-likeness (QED) is 0.0447. The molecular formula is C45H83NO3. The first-order chi connectivity index (χ1) is 24.2. The van der Waals surface area contributed by atoms with Crippen LogP contribution in [0.2, 0.25) is 0 Å². The molecule has 0 rings (SSSR count). The second-order valence-corrected chi connectivity index (χ2v) is 14.4. The van der Waals surface area contributed by atoms with Crippen LogP contribution in [0.25, 0.3) is 0 Å². The number of hydrogen-bond acceptors (Lipinski definition) is 3. The molecule has 0 aliphatic heterocycles. The molecular weight excluding hydrogens is 602 g/mol. The van der Waals surface area contributed by atoms with Crippen molar-refractivity contribution < 1.29 is 15.0 Å². The molecule has 4 nitrogen and oxygen atoms in total. The number of rotatable bonds is 38. The largest absolute Gasteiger partial charge is 0.394 e. The van der Waals surface area contributed by atoms with Crippen molar-refractivity contribution in [3.63, 3.8) is 0 Å². The summed E-state index contributed by atoms with van der Waals surface area (Å²) in [6.45, 7) is 4.16. The van der Waals surface area contributed by atoms with Crippen molar-refractivity contribution in [2.75, 3.05) is 6.61 Å². The Balaban J connectivity index is 3.37. The number of aliphatic hydroxyl groups is 2. The number of carbonyl (C=O) groups excluding carboxylic acids is 1. The van der Waals surface area contributed by atoms with Crippen molar-refractivity contribution in [3.8, 4) is 0 Å². The van der Waals surface area contributed by atoms with Crippen LogP contribution >= 0.6 is 0 Å². The number of carbonyl (C=O) groups is 1. The highest BCUT2D eigenvalue weighted by Gasteiger charge is 2.17. The zero-order valence-electron chi connectivity index (χ0n) is 32.7. The van der Waals surface area contributed by atoms with Crippen molar-refractivity contribution >= 4 is 5.91 Å². The van der Waals surface area contributed by atoms with Gasteiger partial charge in [0.05, 0.1) is 18.8 Å². The third-order valence-electron chi connectivity index (χ3n) is 9.56. The molecule has 0 aromatic heterocycles. The van der Waals surface area contributed by atoms with E-state index in [4.69, 9.17) is 0 Å². The van der Waals surface area contributed by atoms with Crippen molar-refractivity contribution in [2.24, 2.45) is 0 Å². The molecule has 0 spiro atoms. The van der Waals surface area contributed by atoms with E-state index in [1.165, 1.54) is 148 Å². The first kappa shape index (κ1) is 47.4. The third kappa shape index (κ3) is 37.4. The highest BCUT2D eigenvalue weighted by Crippen LogP contribution is 2.15. The zero-order valence-corrected chi connectivity index (χ0v) is 32.7. The molecule has 1 amide bonds. The lowest BCUT2D eigenvalue weighted by atomic mass is 10.0. The highest BCUT2D eigenvalue weighted by molar-refractivity contribution is 5.76. The van der Waals surface area contributed by atoms with Crippen molar-refractivity contribution in [1.29, 1.82) is 0 Å². The fraction of sp³-hybridized carbons (Fsp3) is 0.800. The van der Waals surface area contributed by atoms with E-state index in [1.54, 1.807) is 6.08 Å². The molecule has 0 aliphatic rings. The number of hydrogen-bond donors (Lipinski definition) is 3. The molecule has 0 radical (unpaired) electrons. The van der Waals surface area contributed by atoms with Crippen LogP contribution in [0.15, 0.2) is 48.6 Å². The first-order valence-corrected chi connectivity index (χ1v) is 21.4. The topological polar surface area (TPSA) is 69.6 Å². The molecule has 2 unspecified atom stereocenters. The van der Waals surface area contributed by atoms with E-state index in [0.29, 0.717) is 6.42 Å². The van der Waals surface area contributed by atoms with Crippen molar-refractivity contribution in [2.45, 2.75) is 225 Å². The summed E-state index contributed by atoms with van der Waals surface area (Å²) >= 11 is 0. The van der Waals surface area contributed by atoms with Gasteiger partial charge < -0.3 is 15.5 Å². The van der Waals surface area contributed by atoms with Gasteiger partial charge in [-0.05, 0) is 51.4 Å². The van der Waals surface area contributed by atoms with Gasteiger partial charge in [-0.3, -0.25) is 4.79 Å². The Bertz CT molecular complexity index is 786. The van der Waals surface area contributed by atoms with E-state index in [1.807, 2.05) is 6.08 Å². The Morgan fingerprint density at radius 2 is 0.857 bits per heavy atom. The molecule has 2 atom stereocenters. The lowest BCUT2D eigenvalue weighted by molar-refractivity contribution is -0.123. The number of nitrogens with one attached hydrogen (secondary N) is 1. The minimum absolute atomic E-state index is 0.0735. The van der Waals surface area contributed by atoms with Gasteiger partial charge in [0, 0.05) is 6.42 Å². The van der Waals surface area contributed by atoms with E-state index in [-0.39, 0.29) is 12.5 Å². The van der Waals surface area contributed by atoms with Gasteiger partial charge in [0.25, 0.3) is 0 Å². The van der Waals surface area contributed by atoms with Crippen LogP contribution in [-0.4, -0.2) is 34.9 Å².